The van der Waals surface area contributed by atoms with Gasteiger partial charge in [0.05, 0.1) is 22.6 Å². The lowest BCUT2D eigenvalue weighted by Crippen LogP contribution is -2.17. The smallest absolute Gasteiger partial charge is 0.271 e. The van der Waals surface area contributed by atoms with E-state index in [0.717, 1.165) is 40.8 Å². The molecule has 9 nitrogen and oxygen atoms in total. The van der Waals surface area contributed by atoms with Crippen LogP contribution in [0.2, 0.25) is 0 Å². The van der Waals surface area contributed by atoms with Gasteiger partial charge in [0.15, 0.2) is 9.84 Å². The molecule has 0 saturated carbocycles. The Balaban J connectivity index is 1.64. The number of nitrogens with one attached hydrogen (secondary N) is 1. The van der Waals surface area contributed by atoms with Crippen LogP contribution in [0.1, 0.15) is 15.9 Å². The molecule has 0 fully saturated rings. The maximum Gasteiger partial charge on any atom is 0.271 e. The summed E-state index contributed by atoms with van der Waals surface area (Å²) in [6.07, 6.45) is 2.45. The number of hydrogen-bond donors (Lipinski definition) is 1. The Bertz CT molecular complexity index is 1450. The van der Waals surface area contributed by atoms with Gasteiger partial charge in [-0.2, -0.15) is 5.10 Å². The lowest BCUT2D eigenvalue weighted by atomic mass is 10.0. The van der Waals surface area contributed by atoms with Crippen molar-refractivity contribution in [1.82, 2.24) is 9.78 Å². The molecule has 0 unspecified atom stereocenters. The molecule has 1 heterocycles. The normalized spacial score (nSPS) is 11.4. The number of fused-ring (bicyclic) bond motifs is 1. The van der Waals surface area contributed by atoms with Gasteiger partial charge in [-0.15, -0.1) is 0 Å². The lowest BCUT2D eigenvalue weighted by Gasteiger charge is -2.11. The van der Waals surface area contributed by atoms with E-state index >= 15 is 0 Å². The number of rotatable bonds is 6. The first-order valence-electron chi connectivity index (χ1n) is 9.52. The van der Waals surface area contributed by atoms with E-state index in [1.165, 1.54) is 6.20 Å². The summed E-state index contributed by atoms with van der Waals surface area (Å²) in [5.41, 5.74) is 0.372. The van der Waals surface area contributed by atoms with E-state index in [1.54, 1.807) is 10.7 Å². The zero-order valence-electron chi connectivity index (χ0n) is 16.9. The van der Waals surface area contributed by atoms with Crippen LogP contribution in [0.15, 0.2) is 77.8 Å². The number of hydrogen-bond acceptors (Lipinski definition) is 6. The zero-order valence-corrected chi connectivity index (χ0v) is 17.7. The number of aromatic nitrogens is 2. The Morgan fingerprint density at radius 1 is 1.09 bits per heavy atom. The third-order valence-corrected chi connectivity index (χ3v) is 6.04. The van der Waals surface area contributed by atoms with Crippen molar-refractivity contribution in [3.63, 3.8) is 0 Å². The summed E-state index contributed by atoms with van der Waals surface area (Å²) in [6, 6.07) is 18.5. The van der Waals surface area contributed by atoms with Gasteiger partial charge in [0, 0.05) is 30.0 Å². The highest BCUT2D eigenvalue weighted by atomic mass is 32.2. The van der Waals surface area contributed by atoms with Gasteiger partial charge in [-0.3, -0.25) is 14.9 Å². The molecule has 0 saturated heterocycles. The topological polar surface area (TPSA) is 124 Å². The van der Waals surface area contributed by atoms with Gasteiger partial charge < -0.3 is 5.32 Å². The molecule has 1 N–H and O–H groups in total. The molecule has 0 aliphatic carbocycles. The molecule has 4 aromatic rings. The molecule has 10 heteroatoms. The van der Waals surface area contributed by atoms with Crippen LogP contribution in [0, 0.1) is 10.1 Å². The van der Waals surface area contributed by atoms with Gasteiger partial charge in [0.2, 0.25) is 0 Å². The van der Waals surface area contributed by atoms with Crippen LogP contribution in [-0.4, -0.2) is 35.3 Å². The molecule has 3 aromatic carbocycles. The molecular weight excluding hydrogens is 432 g/mol. The Morgan fingerprint density at radius 2 is 1.84 bits per heavy atom. The van der Waals surface area contributed by atoms with Gasteiger partial charge in [-0.25, -0.2) is 13.1 Å². The number of nitrogens with zero attached hydrogens (tertiary/aromatic N) is 3. The zero-order chi connectivity index (χ0) is 22.9. The largest absolute Gasteiger partial charge is 0.307 e. The fourth-order valence-electron chi connectivity index (χ4n) is 3.38. The van der Waals surface area contributed by atoms with Crippen LogP contribution < -0.4 is 5.32 Å². The first-order chi connectivity index (χ1) is 15.2. The number of amides is 1. The van der Waals surface area contributed by atoms with E-state index in [4.69, 9.17) is 0 Å². The maximum absolute atomic E-state index is 12.8. The van der Waals surface area contributed by atoms with Crippen molar-refractivity contribution in [2.75, 3.05) is 11.6 Å². The summed E-state index contributed by atoms with van der Waals surface area (Å²) >= 11 is 0. The second-order valence-corrected chi connectivity index (χ2v) is 9.23. The van der Waals surface area contributed by atoms with E-state index in [1.807, 2.05) is 42.5 Å². The lowest BCUT2D eigenvalue weighted by molar-refractivity contribution is -0.385. The van der Waals surface area contributed by atoms with Crippen molar-refractivity contribution in [1.29, 1.82) is 0 Å². The van der Waals surface area contributed by atoms with E-state index in [0.29, 0.717) is 12.4 Å². The minimum Gasteiger partial charge on any atom is -0.307 e. The van der Waals surface area contributed by atoms with Crippen LogP contribution in [-0.2, 0) is 16.4 Å². The summed E-state index contributed by atoms with van der Waals surface area (Å²) in [6.45, 7) is 0.382. The molecule has 32 heavy (non-hydrogen) atoms. The van der Waals surface area contributed by atoms with Gasteiger partial charge in [-0.05, 0) is 22.4 Å². The molecular formula is C22H18N4O5S. The highest BCUT2D eigenvalue weighted by molar-refractivity contribution is 7.90. The monoisotopic (exact) mass is 450 g/mol. The van der Waals surface area contributed by atoms with Crippen LogP contribution in [0.4, 0.5) is 11.5 Å². The van der Waals surface area contributed by atoms with Crippen molar-refractivity contribution >= 4 is 38.0 Å². The third-order valence-electron chi connectivity index (χ3n) is 4.95. The van der Waals surface area contributed by atoms with Crippen LogP contribution in [0.3, 0.4) is 0 Å². The SMILES string of the molecule is CS(=O)(=O)c1cc(C(=O)Nc2ccnn2Cc2cccc3ccccc23)cc([N+](=O)[O-])c1. The standard InChI is InChI=1S/C22H18N4O5S/c1-32(30,31)19-12-17(11-18(13-19)26(28)29)22(27)24-21-9-10-23-25(21)14-16-7-4-6-15-5-2-3-8-20(15)16/h2-13H,14H2,1H3,(H,24,27). The summed E-state index contributed by atoms with van der Waals surface area (Å²) in [5, 5.41) is 20.3. The molecule has 0 aliphatic heterocycles. The molecule has 0 bridgehead atoms. The number of carbonyl (C=O) groups excluding carboxylic acids is 1. The van der Waals surface area contributed by atoms with Crippen LogP contribution >= 0.6 is 0 Å². The molecule has 0 radical (unpaired) electrons. The quantitative estimate of drug-likeness (QED) is 0.353. The third kappa shape index (κ3) is 4.35. The van der Waals surface area contributed by atoms with Crippen molar-refractivity contribution in [2.45, 2.75) is 11.4 Å². The maximum atomic E-state index is 12.8. The Hall–Kier alpha value is -4.05. The molecule has 162 valence electrons. The summed E-state index contributed by atoms with van der Waals surface area (Å²) in [7, 11) is -3.75. The predicted octanol–water partition coefficient (Wildman–Crippen LogP) is 3.65. The fourth-order valence-corrected chi connectivity index (χ4v) is 4.05. The average molecular weight is 450 g/mol. The Kier molecular flexibility index (Phi) is 5.45. The van der Waals surface area contributed by atoms with Crippen molar-refractivity contribution in [3.05, 3.63) is 94.2 Å². The van der Waals surface area contributed by atoms with E-state index in [9.17, 15) is 23.3 Å². The van der Waals surface area contributed by atoms with E-state index < -0.39 is 26.4 Å². The predicted molar refractivity (Wildman–Crippen MR) is 119 cm³/mol. The fraction of sp³-hybridized carbons (Fsp3) is 0.0909. The Labute approximate surface area is 183 Å². The number of anilines is 1. The second kappa shape index (κ2) is 8.23. The molecule has 1 amide bonds. The van der Waals surface area contributed by atoms with Gasteiger partial charge in [-0.1, -0.05) is 42.5 Å². The Morgan fingerprint density at radius 3 is 2.59 bits per heavy atom. The average Bonchev–Trinajstić information content (AvgIpc) is 3.19. The van der Waals surface area contributed by atoms with Gasteiger partial charge in [0.1, 0.15) is 5.82 Å². The van der Waals surface area contributed by atoms with E-state index in [2.05, 4.69) is 10.4 Å². The van der Waals surface area contributed by atoms with Crippen molar-refractivity contribution in [2.24, 2.45) is 0 Å². The van der Waals surface area contributed by atoms with Crippen LogP contribution in [0.25, 0.3) is 10.8 Å². The molecule has 1 aromatic heterocycles. The first-order valence-corrected chi connectivity index (χ1v) is 11.4. The van der Waals surface area contributed by atoms with Crippen LogP contribution in [0.5, 0.6) is 0 Å². The van der Waals surface area contributed by atoms with E-state index in [-0.39, 0.29) is 10.5 Å². The minimum absolute atomic E-state index is 0.141. The summed E-state index contributed by atoms with van der Waals surface area (Å²) < 4.78 is 25.4. The van der Waals surface area contributed by atoms with Crippen molar-refractivity contribution in [3.8, 4) is 0 Å². The number of benzene rings is 3. The molecule has 4 rings (SSSR count). The number of non-ortho nitro benzene ring substituents is 1. The van der Waals surface area contributed by atoms with Gasteiger partial charge >= 0.3 is 0 Å². The summed E-state index contributed by atoms with van der Waals surface area (Å²) in [5.74, 6) is -0.311. The number of carbonyl (C=O) groups is 1. The number of sulfone groups is 1. The highest BCUT2D eigenvalue weighted by Crippen LogP contribution is 2.23. The summed E-state index contributed by atoms with van der Waals surface area (Å²) in [4.78, 5) is 23.0. The molecule has 0 spiro atoms. The van der Waals surface area contributed by atoms with Gasteiger partial charge in [0.25, 0.3) is 11.6 Å². The minimum atomic E-state index is -3.75. The number of nitro groups is 1. The molecule has 0 aliphatic rings. The van der Waals surface area contributed by atoms with Crippen molar-refractivity contribution < 1.29 is 18.1 Å². The molecule has 0 atom stereocenters. The number of nitro benzene ring substituents is 1. The first kappa shape index (κ1) is 21.2. The second-order valence-electron chi connectivity index (χ2n) is 7.21. The highest BCUT2D eigenvalue weighted by Gasteiger charge is 2.20.